The van der Waals surface area contributed by atoms with Crippen LogP contribution in [0.3, 0.4) is 0 Å². The van der Waals surface area contributed by atoms with Crippen LogP contribution in [0, 0.1) is 78.3 Å². The molecule has 0 radical (unpaired) electrons. The van der Waals surface area contributed by atoms with Gasteiger partial charge < -0.3 is 37.6 Å². The van der Waals surface area contributed by atoms with Crippen LogP contribution in [0.15, 0.2) is 97.1 Å². The summed E-state index contributed by atoms with van der Waals surface area (Å²) in [5.41, 5.74) is 9.55. The lowest BCUT2D eigenvalue weighted by Gasteiger charge is -2.31. The molecule has 0 bridgehead atoms. The minimum atomic E-state index is -0.668. The molecule has 16 nitrogen and oxygen atoms in total. The Morgan fingerprint density at radius 3 is 0.500 bits per heavy atom. The molecule has 4 heterocycles. The van der Waals surface area contributed by atoms with Gasteiger partial charge in [-0.3, -0.25) is 38.5 Å². The number of hydrogen-bond donors (Lipinski definition) is 2. The number of nitrogens with zero attached hydrogens (tertiary/aromatic N) is 14. The monoisotopic (exact) mass is 2150 g/mol. The minimum Gasteiger partial charge on any atom is -0.373 e. The van der Waals surface area contributed by atoms with Gasteiger partial charge in [0.2, 0.25) is 0 Å². The summed E-state index contributed by atoms with van der Waals surface area (Å²) in [4.78, 5) is 16.3. The first kappa shape index (κ1) is 136. The molecule has 4 aromatic heterocycles. The van der Waals surface area contributed by atoms with Crippen LogP contribution < -0.4 is 0 Å². The van der Waals surface area contributed by atoms with Gasteiger partial charge >= 0.3 is 0 Å². The highest BCUT2D eigenvalue weighted by Crippen LogP contribution is 2.37. The highest BCUT2D eigenvalue weighted by atomic mass is 32.1. The molecule has 0 amide bonds. The molecule has 0 aliphatic heterocycles. The third-order valence-electron chi connectivity index (χ3n) is 33.7. The standard InChI is InChI=1S/2C41H76N4S.C25H44N4S.C23H38N2O2S/c2*1-9-17-23-35(13-5)29-42(30-36(14-6)24-18-10-2)33-44-39-27-21-22-28-40(39)45(41(44)46)34-43(31-37(15-7)25-19-11-3)32-38(16-8)26-20-12-4;1-5-9-17-26(18-10-6-2)21-28-23-15-13-14-16-24(23)29(25(28)30)22-27(19-11-7-3)20-12-8-4;1-5-9-13-17(7-3)21(26)24-19-15-11-12-16-20(19)25(23(24)28)22(27)18(8-4)14-10-6-2/h2*21-22,27-28,35-38H,9-20,23-26,29-34H2,1-8H3;13-16H,5-12,17-22H2,1-4H3;11-12,15-18,21-22,26-27H,5-10,13-14H2,1-4H3. The van der Waals surface area contributed by atoms with E-state index in [9.17, 15) is 10.2 Å². The summed E-state index contributed by atoms with van der Waals surface area (Å²) in [5.74, 6) is 6.35. The van der Waals surface area contributed by atoms with Crippen molar-refractivity contribution in [3.63, 3.8) is 0 Å². The van der Waals surface area contributed by atoms with Crippen molar-refractivity contribution in [3.05, 3.63) is 116 Å². The molecule has 0 spiro atoms. The Kier molecular flexibility index (Phi) is 73.3. The van der Waals surface area contributed by atoms with E-state index in [1.165, 1.54) is 342 Å². The van der Waals surface area contributed by atoms with E-state index in [0.717, 1.165) is 190 Å². The highest BCUT2D eigenvalue weighted by Gasteiger charge is 2.31. The maximum Gasteiger partial charge on any atom is 0.185 e. The van der Waals surface area contributed by atoms with Crippen LogP contribution in [0.5, 0.6) is 0 Å². The number of aromatic nitrogens is 8. The summed E-state index contributed by atoms with van der Waals surface area (Å²) in [6, 6.07) is 34.8. The lowest BCUT2D eigenvalue weighted by Crippen LogP contribution is -2.36. The summed E-state index contributed by atoms with van der Waals surface area (Å²) in [7, 11) is 0. The largest absolute Gasteiger partial charge is 0.373 e. The maximum absolute atomic E-state index is 11.2. The van der Waals surface area contributed by atoms with Crippen molar-refractivity contribution in [2.45, 2.75) is 527 Å². The van der Waals surface area contributed by atoms with Crippen molar-refractivity contribution in [1.82, 2.24) is 65.9 Å². The lowest BCUT2D eigenvalue weighted by atomic mass is 9.96. The summed E-state index contributed by atoms with van der Waals surface area (Å²) in [6.45, 7) is 75.0. The average Bonchev–Trinajstić information content (AvgIpc) is 1.60. The Balaban J connectivity index is 0.000000359. The lowest BCUT2D eigenvalue weighted by molar-refractivity contribution is 0.0218. The van der Waals surface area contributed by atoms with Crippen LogP contribution >= 0.6 is 48.9 Å². The molecule has 0 fully saturated rings. The van der Waals surface area contributed by atoms with E-state index in [2.05, 4.69) is 296 Å². The molecule has 2 N–H and O–H groups in total. The Bertz CT molecular complexity index is 4410. The average molecular weight is 2150 g/mol. The van der Waals surface area contributed by atoms with Gasteiger partial charge in [0.1, 0.15) is 12.5 Å². The molecule has 12 unspecified atom stereocenters. The van der Waals surface area contributed by atoms with Crippen molar-refractivity contribution in [2.75, 3.05) is 78.5 Å². The number of aliphatic hydroxyl groups excluding tert-OH is 2. The Labute approximate surface area is 943 Å². The van der Waals surface area contributed by atoms with Gasteiger partial charge in [-0.2, -0.15) is 0 Å². The highest BCUT2D eigenvalue weighted by molar-refractivity contribution is 7.72. The van der Waals surface area contributed by atoms with Gasteiger partial charge in [0.15, 0.2) is 19.1 Å². The van der Waals surface area contributed by atoms with Crippen LogP contribution in [0.25, 0.3) is 44.1 Å². The number of hydrogen-bond acceptors (Lipinski definition) is 12. The Hall–Kier alpha value is -4.68. The molecule has 0 saturated carbocycles. The van der Waals surface area contributed by atoms with Crippen LogP contribution in [-0.4, -0.2) is 155 Å². The molecule has 0 aliphatic rings. The first-order valence-corrected chi connectivity index (χ1v) is 65.0. The van der Waals surface area contributed by atoms with E-state index >= 15 is 0 Å². The normalized spacial score (nSPS) is 14.5. The van der Waals surface area contributed by atoms with Crippen LogP contribution in [0.1, 0.15) is 487 Å². The van der Waals surface area contributed by atoms with E-state index in [1.807, 2.05) is 33.4 Å². The van der Waals surface area contributed by atoms with Crippen molar-refractivity contribution in [3.8, 4) is 0 Å². The van der Waals surface area contributed by atoms with Gasteiger partial charge in [-0.15, -0.1) is 0 Å². The first-order chi connectivity index (χ1) is 72.9. The molecule has 0 saturated heterocycles. The third kappa shape index (κ3) is 46.0. The SMILES string of the molecule is CCCCC(CC)C(O)n1c(=S)n(C(O)C(CC)CCCC)c2ccccc21.CCCCC(CC)CN(CC(CC)CCCC)Cn1c(=S)n(CN(CC(CC)CCCC)CC(CC)CCCC)c2ccccc21.CCCCC(CC)CN(CC(CC)CCCC)Cn1c(=S)n(CN(CC(CC)CCCC)CC(CC)CCCC)c2ccccc21.CCCCN(CCCC)Cn1c(=S)n(CN(CCCC)CCCC)c2ccccc21. The maximum atomic E-state index is 11.2. The second-order valence-electron chi connectivity index (χ2n) is 45.8. The molecule has 0 aliphatic carbocycles. The molecular weight excluding hydrogens is 1920 g/mol. The van der Waals surface area contributed by atoms with Crippen molar-refractivity contribution in [2.24, 2.45) is 59.2 Å². The molecule has 20 heteroatoms. The fourth-order valence-electron chi connectivity index (χ4n) is 23.1. The van der Waals surface area contributed by atoms with Crippen LogP contribution in [-0.2, 0) is 40.0 Å². The number of unbranched alkanes of at least 4 members (excludes halogenated alkanes) is 14. The van der Waals surface area contributed by atoms with Gasteiger partial charge in [0, 0.05) is 64.2 Å². The first-order valence-electron chi connectivity index (χ1n) is 63.4. The molecule has 150 heavy (non-hydrogen) atoms. The number of imidazole rings is 4. The minimum absolute atomic E-state index is 0.158. The predicted molar refractivity (Wildman–Crippen MR) is 668 cm³/mol. The topological polar surface area (TPSA) is 99.3 Å². The van der Waals surface area contributed by atoms with E-state index in [0.29, 0.717) is 4.77 Å². The zero-order valence-electron chi connectivity index (χ0n) is 102. The molecule has 8 aromatic rings. The number of para-hydroxylation sites is 8. The molecule has 12 atom stereocenters. The number of fused-ring (bicyclic) bond motifs is 4. The second kappa shape index (κ2) is 81.0. The Morgan fingerprint density at radius 1 is 0.193 bits per heavy atom. The molecule has 860 valence electrons. The molecule has 4 aromatic carbocycles. The summed E-state index contributed by atoms with van der Waals surface area (Å²) in [6.07, 6.45) is 58.5. The fourth-order valence-corrected chi connectivity index (χ4v) is 24.4. The van der Waals surface area contributed by atoms with E-state index in [4.69, 9.17) is 48.9 Å². The zero-order valence-corrected chi connectivity index (χ0v) is 105. The van der Waals surface area contributed by atoms with Crippen LogP contribution in [0.2, 0.25) is 0 Å². The van der Waals surface area contributed by atoms with Gasteiger partial charge in [-0.05, 0) is 274 Å². The molecule has 8 rings (SSSR count). The smallest absolute Gasteiger partial charge is 0.185 e. The molecular formula is C130H234N14O2S4. The number of aliphatic hydroxyl groups is 2. The van der Waals surface area contributed by atoms with Crippen molar-refractivity contribution >= 4 is 93.0 Å². The van der Waals surface area contributed by atoms with E-state index in [1.54, 1.807) is 0 Å². The van der Waals surface area contributed by atoms with E-state index < -0.39 is 12.5 Å². The van der Waals surface area contributed by atoms with Gasteiger partial charge in [0.25, 0.3) is 0 Å². The summed E-state index contributed by atoms with van der Waals surface area (Å²) in [5, 5.41) is 22.4. The second-order valence-corrected chi connectivity index (χ2v) is 47.3. The van der Waals surface area contributed by atoms with E-state index in [-0.39, 0.29) is 11.8 Å². The number of rotatable bonds is 84. The van der Waals surface area contributed by atoms with Gasteiger partial charge in [-0.1, -0.05) is 420 Å². The summed E-state index contributed by atoms with van der Waals surface area (Å²) < 4.78 is 21.9. The zero-order chi connectivity index (χ0) is 110. The third-order valence-corrected chi connectivity index (χ3v) is 35.4. The Morgan fingerprint density at radius 2 is 0.347 bits per heavy atom. The van der Waals surface area contributed by atoms with Crippen LogP contribution in [0.4, 0.5) is 0 Å². The van der Waals surface area contributed by atoms with Gasteiger partial charge in [0.05, 0.1) is 84.1 Å². The quantitative estimate of drug-likeness (QED) is 0.0355. The number of benzene rings is 4. The fraction of sp³-hybridized carbons (Fsp3) is 0.785. The summed E-state index contributed by atoms with van der Waals surface area (Å²) >= 11 is 24.8. The van der Waals surface area contributed by atoms with Crippen molar-refractivity contribution < 1.29 is 10.2 Å². The predicted octanol–water partition coefficient (Wildman–Crippen LogP) is 38.6. The van der Waals surface area contributed by atoms with Gasteiger partial charge in [-0.25, -0.2) is 0 Å². The van der Waals surface area contributed by atoms with Crippen molar-refractivity contribution in [1.29, 1.82) is 0 Å².